The van der Waals surface area contributed by atoms with Gasteiger partial charge in [0.15, 0.2) is 5.60 Å². The lowest BCUT2D eigenvalue weighted by Gasteiger charge is -2.53. The lowest BCUT2D eigenvalue weighted by molar-refractivity contribution is -0.384. The van der Waals surface area contributed by atoms with E-state index in [0.717, 1.165) is 0 Å². The molecule has 9 nitrogen and oxygen atoms in total. The van der Waals surface area contributed by atoms with Crippen LogP contribution in [-0.2, 0) is 0 Å². The van der Waals surface area contributed by atoms with Gasteiger partial charge in [-0.25, -0.2) is 0 Å². The zero-order chi connectivity index (χ0) is 19.8. The highest BCUT2D eigenvalue weighted by molar-refractivity contribution is 5.66. The van der Waals surface area contributed by atoms with Crippen LogP contribution in [0.15, 0.2) is 48.5 Å². The predicted molar refractivity (Wildman–Crippen MR) is 92.7 cm³/mol. The summed E-state index contributed by atoms with van der Waals surface area (Å²) >= 11 is 0. The van der Waals surface area contributed by atoms with Crippen molar-refractivity contribution >= 4 is 5.69 Å². The van der Waals surface area contributed by atoms with E-state index in [4.69, 9.17) is 4.74 Å². The van der Waals surface area contributed by atoms with Gasteiger partial charge < -0.3 is 30.3 Å². The number of aliphatic hydroxyl groups is 5. The van der Waals surface area contributed by atoms with Crippen molar-refractivity contribution in [3.63, 3.8) is 0 Å². The molecular formula is C18H19NO8. The first-order chi connectivity index (χ1) is 12.8. The number of hydrogen-bond donors (Lipinski definition) is 5. The van der Waals surface area contributed by atoms with Crippen LogP contribution in [0.1, 0.15) is 0 Å². The Kier molecular flexibility index (Phi) is 5.13. The fourth-order valence-corrected chi connectivity index (χ4v) is 3.20. The van der Waals surface area contributed by atoms with Crippen LogP contribution in [0.4, 0.5) is 5.69 Å². The van der Waals surface area contributed by atoms with Crippen molar-refractivity contribution in [1.29, 1.82) is 0 Å². The second-order valence-electron chi connectivity index (χ2n) is 6.41. The third kappa shape index (κ3) is 3.27. The van der Waals surface area contributed by atoms with Gasteiger partial charge in [0.1, 0.15) is 11.9 Å². The minimum absolute atomic E-state index is 0.0435. The van der Waals surface area contributed by atoms with Gasteiger partial charge in [-0.15, -0.1) is 0 Å². The summed E-state index contributed by atoms with van der Waals surface area (Å²) in [5, 5.41) is 59.8. The van der Waals surface area contributed by atoms with Gasteiger partial charge in [0.05, 0.1) is 17.6 Å². The van der Waals surface area contributed by atoms with Gasteiger partial charge in [-0.1, -0.05) is 24.3 Å². The molecule has 1 aliphatic carbocycles. The minimum Gasteiger partial charge on any atom is -0.462 e. The van der Waals surface area contributed by atoms with Crippen molar-refractivity contribution in [2.45, 2.75) is 24.1 Å². The summed E-state index contributed by atoms with van der Waals surface area (Å²) < 4.78 is 5.24. The summed E-state index contributed by atoms with van der Waals surface area (Å²) in [7, 11) is 0. The lowest BCUT2D eigenvalue weighted by Crippen LogP contribution is -2.76. The molecule has 3 rings (SSSR count). The molecule has 144 valence electrons. The van der Waals surface area contributed by atoms with E-state index in [2.05, 4.69) is 0 Å². The first-order valence-corrected chi connectivity index (χ1v) is 8.18. The van der Waals surface area contributed by atoms with Gasteiger partial charge in [-0.2, -0.15) is 0 Å². The number of ether oxygens (including phenoxy) is 1. The van der Waals surface area contributed by atoms with Crippen molar-refractivity contribution in [3.05, 3.63) is 58.6 Å². The van der Waals surface area contributed by atoms with E-state index < -0.39 is 41.5 Å². The van der Waals surface area contributed by atoms with Gasteiger partial charge in [0.2, 0.25) is 6.29 Å². The Morgan fingerprint density at radius 1 is 1.15 bits per heavy atom. The Labute approximate surface area is 153 Å². The third-order valence-corrected chi connectivity index (χ3v) is 4.89. The summed E-state index contributed by atoms with van der Waals surface area (Å²) in [6.45, 7) is -0.638. The van der Waals surface area contributed by atoms with E-state index in [1.54, 1.807) is 24.3 Å². The van der Waals surface area contributed by atoms with Gasteiger partial charge in [0.25, 0.3) is 5.69 Å². The molecule has 0 radical (unpaired) electrons. The molecule has 2 aromatic carbocycles. The number of hydrogen-bond acceptors (Lipinski definition) is 8. The maximum absolute atomic E-state index is 10.9. The Bertz CT molecular complexity index is 826. The highest BCUT2D eigenvalue weighted by atomic mass is 16.6. The number of aliphatic hydroxyl groups excluding tert-OH is 4. The van der Waals surface area contributed by atoms with Crippen LogP contribution in [0.25, 0.3) is 11.1 Å². The number of nitro groups is 1. The molecule has 0 aromatic heterocycles. The molecule has 1 fully saturated rings. The Morgan fingerprint density at radius 2 is 1.81 bits per heavy atom. The first kappa shape index (κ1) is 19.2. The Morgan fingerprint density at radius 3 is 2.41 bits per heavy atom. The topological polar surface area (TPSA) is 154 Å². The number of rotatable bonds is 6. The zero-order valence-corrected chi connectivity index (χ0v) is 14.0. The second-order valence-corrected chi connectivity index (χ2v) is 6.41. The van der Waals surface area contributed by atoms with Crippen LogP contribution < -0.4 is 4.74 Å². The Balaban J connectivity index is 1.75. The normalized spacial score (nSPS) is 28.3. The van der Waals surface area contributed by atoms with Gasteiger partial charge in [-0.3, -0.25) is 10.1 Å². The number of nitro benzene ring substituents is 1. The van der Waals surface area contributed by atoms with Crippen LogP contribution in [0, 0.1) is 16.0 Å². The standard InChI is InChI=1S/C18H19NO8/c20-9-14-15(21)16(22)18(14,24)17(23)27-13-6-4-10(5-7-13)11-2-1-3-12(8-11)19(25)26/h1-8,14-17,20-24H,9H2. The summed E-state index contributed by atoms with van der Waals surface area (Å²) in [5.41, 5.74) is -0.954. The molecule has 0 aliphatic heterocycles. The molecule has 27 heavy (non-hydrogen) atoms. The molecule has 5 atom stereocenters. The maximum Gasteiger partial charge on any atom is 0.270 e. The summed E-state index contributed by atoms with van der Waals surface area (Å²) in [5.74, 6) is -0.984. The van der Waals surface area contributed by atoms with Crippen molar-refractivity contribution in [2.24, 2.45) is 5.92 Å². The van der Waals surface area contributed by atoms with Crippen molar-refractivity contribution in [3.8, 4) is 16.9 Å². The summed E-state index contributed by atoms with van der Waals surface area (Å²) in [6, 6.07) is 12.3. The van der Waals surface area contributed by atoms with Gasteiger partial charge in [-0.05, 0) is 23.3 Å². The lowest BCUT2D eigenvalue weighted by atomic mass is 9.64. The molecule has 5 unspecified atom stereocenters. The van der Waals surface area contributed by atoms with E-state index in [1.165, 1.54) is 24.3 Å². The molecule has 2 aromatic rings. The quantitative estimate of drug-likeness (QED) is 0.268. The molecule has 1 saturated carbocycles. The van der Waals surface area contributed by atoms with E-state index in [9.17, 15) is 35.6 Å². The van der Waals surface area contributed by atoms with E-state index in [0.29, 0.717) is 11.1 Å². The van der Waals surface area contributed by atoms with E-state index >= 15 is 0 Å². The monoisotopic (exact) mass is 377 g/mol. The van der Waals surface area contributed by atoms with Crippen molar-refractivity contribution in [1.82, 2.24) is 0 Å². The smallest absolute Gasteiger partial charge is 0.270 e. The summed E-state index contributed by atoms with van der Waals surface area (Å²) in [4.78, 5) is 10.4. The fourth-order valence-electron chi connectivity index (χ4n) is 3.20. The summed E-state index contributed by atoms with van der Waals surface area (Å²) in [6.07, 6.45) is -4.90. The van der Waals surface area contributed by atoms with Crippen LogP contribution >= 0.6 is 0 Å². The molecular weight excluding hydrogens is 358 g/mol. The van der Waals surface area contributed by atoms with E-state index in [-0.39, 0.29) is 11.4 Å². The molecule has 1 aliphatic rings. The average Bonchev–Trinajstić information content (AvgIpc) is 2.68. The molecule has 0 amide bonds. The van der Waals surface area contributed by atoms with Gasteiger partial charge >= 0.3 is 0 Å². The fraction of sp³-hybridized carbons (Fsp3) is 0.333. The molecule has 5 N–H and O–H groups in total. The molecule has 0 spiro atoms. The molecule has 0 saturated heterocycles. The minimum atomic E-state index is -2.20. The van der Waals surface area contributed by atoms with Gasteiger partial charge in [0, 0.05) is 18.1 Å². The Hall–Kier alpha value is -2.56. The SMILES string of the molecule is O=[N+]([O-])c1cccc(-c2ccc(OC(O)C3(O)C(O)C(O)C3CO)cc2)c1. The molecule has 0 bridgehead atoms. The largest absolute Gasteiger partial charge is 0.462 e. The third-order valence-electron chi connectivity index (χ3n) is 4.89. The predicted octanol–water partition coefficient (Wildman–Crippen LogP) is 0.0340. The van der Waals surface area contributed by atoms with Crippen LogP contribution in [0.3, 0.4) is 0 Å². The maximum atomic E-state index is 10.9. The first-order valence-electron chi connectivity index (χ1n) is 8.18. The number of nitrogens with zero attached hydrogens (tertiary/aromatic N) is 1. The van der Waals surface area contributed by atoms with Crippen LogP contribution in [0.2, 0.25) is 0 Å². The van der Waals surface area contributed by atoms with Crippen LogP contribution in [0.5, 0.6) is 5.75 Å². The number of benzene rings is 2. The highest BCUT2D eigenvalue weighted by Gasteiger charge is 2.65. The highest BCUT2D eigenvalue weighted by Crippen LogP contribution is 2.42. The number of non-ortho nitro benzene ring substituents is 1. The molecule has 0 heterocycles. The van der Waals surface area contributed by atoms with Crippen molar-refractivity contribution in [2.75, 3.05) is 6.61 Å². The molecule has 9 heteroatoms. The zero-order valence-electron chi connectivity index (χ0n) is 14.0. The second kappa shape index (κ2) is 7.22. The average molecular weight is 377 g/mol. The van der Waals surface area contributed by atoms with E-state index in [1.807, 2.05) is 0 Å². The van der Waals surface area contributed by atoms with Crippen molar-refractivity contribution < 1.29 is 35.2 Å². The van der Waals surface area contributed by atoms with Crippen LogP contribution in [-0.4, -0.2) is 61.2 Å².